The van der Waals surface area contributed by atoms with Crippen LogP contribution >= 0.6 is 0 Å². The smallest absolute Gasteiger partial charge is 0.339 e. The number of likely N-dealkylation sites (tertiary alicyclic amines) is 1. The number of carbonyl (C=O) groups excluding carboxylic acids is 1. The minimum atomic E-state index is -0.348. The normalized spacial score (nSPS) is 14.9. The molecule has 0 spiro atoms. The van der Waals surface area contributed by atoms with Crippen LogP contribution in [-0.2, 0) is 11.2 Å². The number of furan rings is 1. The first kappa shape index (κ1) is 18.8. The van der Waals surface area contributed by atoms with E-state index in [4.69, 9.17) is 8.83 Å². The number of aryl methyl sites for hydroxylation is 4. The van der Waals surface area contributed by atoms with Crippen LogP contribution in [0, 0.1) is 27.7 Å². The first-order valence-corrected chi connectivity index (χ1v) is 10.1. The Morgan fingerprint density at radius 3 is 2.29 bits per heavy atom. The zero-order valence-electron chi connectivity index (χ0n) is 17.1. The number of piperidine rings is 1. The van der Waals surface area contributed by atoms with Gasteiger partial charge in [0.15, 0.2) is 0 Å². The third-order valence-electron chi connectivity index (χ3n) is 6.24. The van der Waals surface area contributed by atoms with Gasteiger partial charge in [-0.1, -0.05) is 0 Å². The third-order valence-corrected chi connectivity index (χ3v) is 6.24. The van der Waals surface area contributed by atoms with Crippen LogP contribution in [0.15, 0.2) is 19.7 Å². The monoisotopic (exact) mass is 381 g/mol. The van der Waals surface area contributed by atoms with Gasteiger partial charge in [0.05, 0.1) is 0 Å². The number of nitrogens with zero attached hydrogens (tertiary/aromatic N) is 1. The van der Waals surface area contributed by atoms with Crippen LogP contribution < -0.4 is 5.63 Å². The lowest BCUT2D eigenvalue weighted by Gasteiger charge is -2.26. The molecule has 2 aromatic heterocycles. The fraction of sp³-hybridized carbons (Fsp3) is 0.478. The standard InChI is InChI=1S/C23H27NO4/c1-13-16(4)27-21-15(3)22-19(12-18(13)21)14(2)17(23(26)28-22)8-9-20(25)24-10-6-5-7-11-24/h12H,5-11H2,1-4H3. The number of benzene rings is 1. The van der Waals surface area contributed by atoms with E-state index in [1.54, 1.807) is 0 Å². The molecule has 0 atom stereocenters. The Balaban J connectivity index is 1.73. The molecule has 5 heteroatoms. The lowest BCUT2D eigenvalue weighted by atomic mass is 9.98. The van der Waals surface area contributed by atoms with Gasteiger partial charge in [-0.15, -0.1) is 0 Å². The Morgan fingerprint density at radius 2 is 1.57 bits per heavy atom. The van der Waals surface area contributed by atoms with Crippen LogP contribution in [-0.4, -0.2) is 23.9 Å². The molecule has 0 radical (unpaired) electrons. The second kappa shape index (κ2) is 7.12. The summed E-state index contributed by atoms with van der Waals surface area (Å²) in [7, 11) is 0. The molecule has 28 heavy (non-hydrogen) atoms. The van der Waals surface area contributed by atoms with Gasteiger partial charge in [-0.2, -0.15) is 0 Å². The molecule has 0 unspecified atom stereocenters. The maximum Gasteiger partial charge on any atom is 0.339 e. The van der Waals surface area contributed by atoms with Crippen molar-refractivity contribution < 1.29 is 13.6 Å². The topological polar surface area (TPSA) is 63.7 Å². The average Bonchev–Trinajstić information content (AvgIpc) is 2.98. The SMILES string of the molecule is Cc1oc2c(C)c3oc(=O)c(CCC(=O)N4CCCCC4)c(C)c3cc2c1C. The van der Waals surface area contributed by atoms with E-state index in [0.717, 1.165) is 64.7 Å². The van der Waals surface area contributed by atoms with Gasteiger partial charge >= 0.3 is 5.63 Å². The van der Waals surface area contributed by atoms with Crippen LogP contribution in [0.4, 0.5) is 0 Å². The van der Waals surface area contributed by atoms with E-state index in [1.807, 2.05) is 32.6 Å². The summed E-state index contributed by atoms with van der Waals surface area (Å²) in [6, 6.07) is 2.05. The fourth-order valence-corrected chi connectivity index (χ4v) is 4.31. The summed E-state index contributed by atoms with van der Waals surface area (Å²) in [5.41, 5.74) is 4.47. The van der Waals surface area contributed by atoms with Crippen molar-refractivity contribution in [1.82, 2.24) is 4.90 Å². The lowest BCUT2D eigenvalue weighted by molar-refractivity contribution is -0.132. The molecule has 1 saturated heterocycles. The van der Waals surface area contributed by atoms with E-state index in [-0.39, 0.29) is 11.5 Å². The zero-order valence-corrected chi connectivity index (χ0v) is 17.1. The van der Waals surface area contributed by atoms with Crippen molar-refractivity contribution in [2.24, 2.45) is 0 Å². The number of carbonyl (C=O) groups is 1. The molecule has 4 rings (SSSR count). The van der Waals surface area contributed by atoms with Crippen LogP contribution in [0.25, 0.3) is 21.9 Å². The molecule has 1 aliphatic heterocycles. The Bertz CT molecular complexity index is 1130. The van der Waals surface area contributed by atoms with Gasteiger partial charge < -0.3 is 13.7 Å². The molecule has 1 aliphatic rings. The molecule has 3 aromatic rings. The summed E-state index contributed by atoms with van der Waals surface area (Å²) in [6.07, 6.45) is 4.10. The molecule has 5 nitrogen and oxygen atoms in total. The van der Waals surface area contributed by atoms with E-state index in [9.17, 15) is 9.59 Å². The number of hydrogen-bond acceptors (Lipinski definition) is 4. The highest BCUT2D eigenvalue weighted by molar-refractivity contribution is 6.00. The van der Waals surface area contributed by atoms with Gasteiger partial charge in [0, 0.05) is 41.4 Å². The maximum absolute atomic E-state index is 12.7. The highest BCUT2D eigenvalue weighted by Gasteiger charge is 2.21. The molecule has 3 heterocycles. The van der Waals surface area contributed by atoms with Crippen molar-refractivity contribution in [3.63, 3.8) is 0 Å². The van der Waals surface area contributed by atoms with Crippen molar-refractivity contribution >= 4 is 27.8 Å². The second-order valence-electron chi connectivity index (χ2n) is 7.97. The molecule has 148 valence electrons. The summed E-state index contributed by atoms with van der Waals surface area (Å²) in [5.74, 6) is 1.01. The summed E-state index contributed by atoms with van der Waals surface area (Å²) in [5, 5.41) is 1.98. The molecule has 0 saturated carbocycles. The minimum absolute atomic E-state index is 0.131. The van der Waals surface area contributed by atoms with Crippen molar-refractivity contribution in [2.45, 2.75) is 59.8 Å². The molecule has 0 aliphatic carbocycles. The predicted octanol–water partition coefficient (Wildman–Crippen LogP) is 4.72. The lowest BCUT2D eigenvalue weighted by Crippen LogP contribution is -2.35. The van der Waals surface area contributed by atoms with Crippen molar-refractivity contribution in [3.05, 3.63) is 44.5 Å². The van der Waals surface area contributed by atoms with Crippen LogP contribution in [0.2, 0.25) is 0 Å². The Kier molecular flexibility index (Phi) is 4.77. The first-order valence-electron chi connectivity index (χ1n) is 10.1. The molecular weight excluding hydrogens is 354 g/mol. The number of hydrogen-bond donors (Lipinski definition) is 0. The minimum Gasteiger partial charge on any atom is -0.461 e. The molecule has 1 fully saturated rings. The highest BCUT2D eigenvalue weighted by Crippen LogP contribution is 2.34. The van der Waals surface area contributed by atoms with Crippen molar-refractivity contribution in [1.29, 1.82) is 0 Å². The maximum atomic E-state index is 12.7. The third kappa shape index (κ3) is 3.03. The van der Waals surface area contributed by atoms with Crippen LogP contribution in [0.1, 0.15) is 53.7 Å². The quantitative estimate of drug-likeness (QED) is 0.616. The number of amides is 1. The van der Waals surface area contributed by atoms with E-state index < -0.39 is 0 Å². The van der Waals surface area contributed by atoms with Gasteiger partial charge in [0.25, 0.3) is 0 Å². The van der Waals surface area contributed by atoms with E-state index >= 15 is 0 Å². The fourth-order valence-electron chi connectivity index (χ4n) is 4.31. The Morgan fingerprint density at radius 1 is 0.929 bits per heavy atom. The molecule has 0 N–H and O–H groups in total. The highest BCUT2D eigenvalue weighted by atomic mass is 16.4. The van der Waals surface area contributed by atoms with E-state index in [1.165, 1.54) is 6.42 Å². The number of rotatable bonds is 3. The van der Waals surface area contributed by atoms with E-state index in [0.29, 0.717) is 24.0 Å². The second-order valence-corrected chi connectivity index (χ2v) is 7.97. The number of fused-ring (bicyclic) bond motifs is 2. The zero-order chi connectivity index (χ0) is 20.0. The Labute approximate surface area is 164 Å². The average molecular weight is 381 g/mol. The van der Waals surface area contributed by atoms with Crippen molar-refractivity contribution in [3.8, 4) is 0 Å². The summed E-state index contributed by atoms with van der Waals surface area (Å²) in [6.45, 7) is 9.53. The summed E-state index contributed by atoms with van der Waals surface area (Å²) in [4.78, 5) is 27.1. The van der Waals surface area contributed by atoms with Crippen LogP contribution in [0.5, 0.6) is 0 Å². The Hall–Kier alpha value is -2.56. The van der Waals surface area contributed by atoms with Crippen molar-refractivity contribution in [2.75, 3.05) is 13.1 Å². The molecule has 1 amide bonds. The van der Waals surface area contributed by atoms with E-state index in [2.05, 4.69) is 6.07 Å². The largest absolute Gasteiger partial charge is 0.461 e. The summed E-state index contributed by atoms with van der Waals surface area (Å²) < 4.78 is 11.6. The van der Waals surface area contributed by atoms with Gasteiger partial charge in [-0.25, -0.2) is 4.79 Å². The van der Waals surface area contributed by atoms with Gasteiger partial charge in [-0.05, 0) is 70.6 Å². The van der Waals surface area contributed by atoms with Crippen LogP contribution in [0.3, 0.4) is 0 Å². The molecular formula is C23H27NO4. The molecule has 1 aromatic carbocycles. The predicted molar refractivity (Wildman–Crippen MR) is 110 cm³/mol. The summed E-state index contributed by atoms with van der Waals surface area (Å²) >= 11 is 0. The molecule has 0 bridgehead atoms. The van der Waals surface area contributed by atoms with Gasteiger partial charge in [0.2, 0.25) is 5.91 Å². The van der Waals surface area contributed by atoms with Gasteiger partial charge in [-0.3, -0.25) is 4.79 Å². The van der Waals surface area contributed by atoms with Gasteiger partial charge in [0.1, 0.15) is 16.9 Å². The first-order chi connectivity index (χ1) is 13.4.